The van der Waals surface area contributed by atoms with Crippen molar-refractivity contribution < 1.29 is 5.11 Å². The number of nitrogens with one attached hydrogen (secondary N) is 1. The van der Waals surface area contributed by atoms with Crippen molar-refractivity contribution in [2.75, 3.05) is 13.2 Å². The molecule has 2 N–H and O–H groups in total. The SMILES string of the molecule is CCCC(CCO)CNC1C(C)CCCC1C. The molecule has 3 unspecified atom stereocenters. The van der Waals surface area contributed by atoms with Crippen molar-refractivity contribution in [3.63, 3.8) is 0 Å². The van der Waals surface area contributed by atoms with E-state index in [1.54, 1.807) is 0 Å². The Bertz CT molecular complexity index is 179. The van der Waals surface area contributed by atoms with E-state index in [1.165, 1.54) is 32.1 Å². The van der Waals surface area contributed by atoms with E-state index in [4.69, 9.17) is 5.11 Å². The molecule has 0 aromatic rings. The Morgan fingerprint density at radius 1 is 1.18 bits per heavy atom. The van der Waals surface area contributed by atoms with Crippen LogP contribution in [0.15, 0.2) is 0 Å². The van der Waals surface area contributed by atoms with Gasteiger partial charge in [0.15, 0.2) is 0 Å². The highest BCUT2D eigenvalue weighted by atomic mass is 16.3. The van der Waals surface area contributed by atoms with Crippen molar-refractivity contribution >= 4 is 0 Å². The van der Waals surface area contributed by atoms with Crippen LogP contribution in [0.5, 0.6) is 0 Å². The van der Waals surface area contributed by atoms with Gasteiger partial charge in [-0.05, 0) is 50.0 Å². The van der Waals surface area contributed by atoms with Crippen LogP contribution in [0.2, 0.25) is 0 Å². The highest BCUT2D eigenvalue weighted by Crippen LogP contribution is 2.29. The molecule has 0 radical (unpaired) electrons. The standard InChI is InChI=1S/C15H31NO/c1-4-6-14(9-10-17)11-16-15-12(2)7-5-8-13(15)3/h12-17H,4-11H2,1-3H3. The molecule has 1 fully saturated rings. The second-order valence-corrected chi connectivity index (χ2v) is 5.99. The minimum atomic E-state index is 0.335. The topological polar surface area (TPSA) is 32.3 Å². The lowest BCUT2D eigenvalue weighted by Gasteiger charge is -2.36. The van der Waals surface area contributed by atoms with Crippen molar-refractivity contribution in [2.24, 2.45) is 17.8 Å². The van der Waals surface area contributed by atoms with Gasteiger partial charge in [0.2, 0.25) is 0 Å². The fourth-order valence-corrected chi connectivity index (χ4v) is 3.33. The Kier molecular flexibility index (Phi) is 7.14. The normalized spacial score (nSPS) is 31.4. The average Bonchev–Trinajstić information content (AvgIpc) is 2.29. The predicted molar refractivity (Wildman–Crippen MR) is 74.1 cm³/mol. The number of aliphatic hydroxyl groups is 1. The maximum absolute atomic E-state index is 9.08. The zero-order valence-electron chi connectivity index (χ0n) is 11.9. The highest BCUT2D eigenvalue weighted by Gasteiger charge is 2.27. The van der Waals surface area contributed by atoms with Crippen LogP contribution in [0.3, 0.4) is 0 Å². The molecule has 0 aromatic heterocycles. The zero-order chi connectivity index (χ0) is 12.7. The number of rotatable bonds is 7. The van der Waals surface area contributed by atoms with E-state index in [9.17, 15) is 0 Å². The molecule has 17 heavy (non-hydrogen) atoms. The van der Waals surface area contributed by atoms with Gasteiger partial charge in [-0.15, -0.1) is 0 Å². The fraction of sp³-hybridized carbons (Fsp3) is 1.00. The summed E-state index contributed by atoms with van der Waals surface area (Å²) >= 11 is 0. The summed E-state index contributed by atoms with van der Waals surface area (Å²) in [6.45, 7) is 8.43. The summed E-state index contributed by atoms with van der Waals surface area (Å²) in [4.78, 5) is 0. The molecule has 1 aliphatic rings. The van der Waals surface area contributed by atoms with Gasteiger partial charge in [0.25, 0.3) is 0 Å². The van der Waals surface area contributed by atoms with Crippen LogP contribution in [-0.4, -0.2) is 24.3 Å². The molecule has 0 spiro atoms. The molecule has 0 amide bonds. The molecule has 0 aliphatic heterocycles. The molecule has 2 heteroatoms. The van der Waals surface area contributed by atoms with E-state index < -0.39 is 0 Å². The Labute approximate surface area is 107 Å². The van der Waals surface area contributed by atoms with Crippen LogP contribution in [0.1, 0.15) is 59.3 Å². The molecule has 1 aliphatic carbocycles. The zero-order valence-corrected chi connectivity index (χ0v) is 11.9. The third kappa shape index (κ3) is 4.97. The predicted octanol–water partition coefficient (Wildman–Crippen LogP) is 3.20. The molecule has 102 valence electrons. The van der Waals surface area contributed by atoms with Crippen LogP contribution in [-0.2, 0) is 0 Å². The van der Waals surface area contributed by atoms with Crippen molar-refractivity contribution in [1.82, 2.24) is 5.32 Å². The van der Waals surface area contributed by atoms with Crippen molar-refractivity contribution in [3.8, 4) is 0 Å². The van der Waals surface area contributed by atoms with E-state index in [0.717, 1.165) is 24.8 Å². The number of aliphatic hydroxyl groups excluding tert-OH is 1. The Morgan fingerprint density at radius 2 is 1.82 bits per heavy atom. The fourth-order valence-electron chi connectivity index (χ4n) is 3.33. The van der Waals surface area contributed by atoms with Crippen molar-refractivity contribution in [1.29, 1.82) is 0 Å². The molecule has 1 saturated carbocycles. The first-order valence-electron chi connectivity index (χ1n) is 7.53. The van der Waals surface area contributed by atoms with Gasteiger partial charge in [-0.2, -0.15) is 0 Å². The first kappa shape index (κ1) is 15.0. The average molecular weight is 241 g/mol. The molecular weight excluding hydrogens is 210 g/mol. The summed E-state index contributed by atoms with van der Waals surface area (Å²) < 4.78 is 0. The monoisotopic (exact) mass is 241 g/mol. The molecule has 0 bridgehead atoms. The smallest absolute Gasteiger partial charge is 0.0434 e. The lowest BCUT2D eigenvalue weighted by Crippen LogP contribution is -2.44. The van der Waals surface area contributed by atoms with E-state index in [1.807, 2.05) is 0 Å². The van der Waals surface area contributed by atoms with Crippen LogP contribution in [0, 0.1) is 17.8 Å². The van der Waals surface area contributed by atoms with Gasteiger partial charge < -0.3 is 10.4 Å². The molecule has 3 atom stereocenters. The highest BCUT2D eigenvalue weighted by molar-refractivity contribution is 4.83. The van der Waals surface area contributed by atoms with Gasteiger partial charge in [-0.3, -0.25) is 0 Å². The van der Waals surface area contributed by atoms with Crippen LogP contribution in [0.25, 0.3) is 0 Å². The molecule has 2 nitrogen and oxygen atoms in total. The lowest BCUT2D eigenvalue weighted by atomic mass is 9.78. The van der Waals surface area contributed by atoms with Gasteiger partial charge in [0, 0.05) is 12.6 Å². The minimum absolute atomic E-state index is 0.335. The van der Waals surface area contributed by atoms with Crippen molar-refractivity contribution in [3.05, 3.63) is 0 Å². The van der Waals surface area contributed by atoms with Crippen molar-refractivity contribution in [2.45, 2.75) is 65.3 Å². The summed E-state index contributed by atoms with van der Waals surface area (Å²) in [5.41, 5.74) is 0. The second-order valence-electron chi connectivity index (χ2n) is 5.99. The number of hydrogen-bond donors (Lipinski definition) is 2. The summed E-state index contributed by atoms with van der Waals surface area (Å²) in [5.74, 6) is 2.29. The molecule has 0 heterocycles. The molecule has 1 rings (SSSR count). The summed E-state index contributed by atoms with van der Waals surface area (Å²) in [6, 6.07) is 0.696. The maximum Gasteiger partial charge on any atom is 0.0434 e. The molecule has 0 aromatic carbocycles. The number of hydrogen-bond acceptors (Lipinski definition) is 2. The third-order valence-electron chi connectivity index (χ3n) is 4.42. The van der Waals surface area contributed by atoms with E-state index in [2.05, 4.69) is 26.1 Å². The minimum Gasteiger partial charge on any atom is -0.396 e. The van der Waals surface area contributed by atoms with E-state index >= 15 is 0 Å². The Morgan fingerprint density at radius 3 is 2.35 bits per heavy atom. The van der Waals surface area contributed by atoms with E-state index in [0.29, 0.717) is 18.6 Å². The maximum atomic E-state index is 9.08. The lowest BCUT2D eigenvalue weighted by molar-refractivity contribution is 0.189. The Hall–Kier alpha value is -0.0800. The first-order chi connectivity index (χ1) is 8.19. The second kappa shape index (κ2) is 8.10. The van der Waals surface area contributed by atoms with Crippen LogP contribution >= 0.6 is 0 Å². The van der Waals surface area contributed by atoms with Crippen LogP contribution in [0.4, 0.5) is 0 Å². The third-order valence-corrected chi connectivity index (χ3v) is 4.42. The Balaban J connectivity index is 2.35. The quantitative estimate of drug-likeness (QED) is 0.717. The molecule has 0 saturated heterocycles. The van der Waals surface area contributed by atoms with Crippen LogP contribution < -0.4 is 5.32 Å². The van der Waals surface area contributed by atoms with Gasteiger partial charge in [0.05, 0.1) is 0 Å². The van der Waals surface area contributed by atoms with Gasteiger partial charge in [-0.1, -0.05) is 33.6 Å². The summed E-state index contributed by atoms with van der Waals surface area (Å²) in [6.07, 6.45) is 7.57. The van der Waals surface area contributed by atoms with Gasteiger partial charge in [-0.25, -0.2) is 0 Å². The van der Waals surface area contributed by atoms with E-state index in [-0.39, 0.29) is 0 Å². The summed E-state index contributed by atoms with van der Waals surface area (Å²) in [7, 11) is 0. The largest absolute Gasteiger partial charge is 0.396 e. The first-order valence-corrected chi connectivity index (χ1v) is 7.53. The van der Waals surface area contributed by atoms with Gasteiger partial charge >= 0.3 is 0 Å². The molecular formula is C15H31NO. The summed E-state index contributed by atoms with van der Waals surface area (Å²) in [5, 5.41) is 12.9. The van der Waals surface area contributed by atoms with Gasteiger partial charge in [0.1, 0.15) is 0 Å².